The van der Waals surface area contributed by atoms with E-state index in [1.165, 1.54) is 4.57 Å². The van der Waals surface area contributed by atoms with Crippen LogP contribution in [0.4, 0.5) is 11.4 Å². The second kappa shape index (κ2) is 7.52. The zero-order valence-electron chi connectivity index (χ0n) is 16.3. The maximum absolute atomic E-state index is 12.5. The van der Waals surface area contributed by atoms with Crippen LogP contribution in [0, 0.1) is 0 Å². The summed E-state index contributed by atoms with van der Waals surface area (Å²) in [5.74, 6) is -0.217. The zero-order valence-corrected chi connectivity index (χ0v) is 16.3. The predicted molar refractivity (Wildman–Crippen MR) is 112 cm³/mol. The van der Waals surface area contributed by atoms with E-state index in [-0.39, 0.29) is 18.1 Å². The van der Waals surface area contributed by atoms with Crippen molar-refractivity contribution in [2.75, 3.05) is 43.4 Å². The van der Waals surface area contributed by atoms with Crippen LogP contribution in [-0.2, 0) is 18.4 Å². The van der Waals surface area contributed by atoms with Gasteiger partial charge in [-0.1, -0.05) is 12.1 Å². The van der Waals surface area contributed by atoms with Gasteiger partial charge in [-0.25, -0.2) is 4.79 Å². The molecule has 1 aliphatic rings. The van der Waals surface area contributed by atoms with Gasteiger partial charge in [0.2, 0.25) is 5.91 Å². The summed E-state index contributed by atoms with van der Waals surface area (Å²) < 4.78 is 3.07. The van der Waals surface area contributed by atoms with E-state index in [4.69, 9.17) is 0 Å². The molecule has 0 radical (unpaired) electrons. The maximum atomic E-state index is 12.5. The van der Waals surface area contributed by atoms with Gasteiger partial charge in [-0.05, 0) is 43.4 Å². The second-order valence-corrected chi connectivity index (χ2v) is 7.30. The lowest BCUT2D eigenvalue weighted by Gasteiger charge is -2.34. The summed E-state index contributed by atoms with van der Waals surface area (Å²) in [7, 11) is 3.85. The highest BCUT2D eigenvalue weighted by Gasteiger charge is 2.15. The Balaban J connectivity index is 1.45. The standard InChI is InChI=1S/C21H25N5O2/c1-23-11-13-25(14-12-23)17-9-7-16(8-10-17)22-20(27)15-26-19-6-4-3-5-18(19)24(2)21(26)28/h3-10H,11-15H2,1-2H3,(H,22,27). The number of hydrogen-bond donors (Lipinski definition) is 1. The molecule has 0 atom stereocenters. The average Bonchev–Trinajstić information content (AvgIpc) is 2.94. The molecule has 0 unspecified atom stereocenters. The first-order valence-electron chi connectivity index (χ1n) is 9.50. The van der Waals surface area contributed by atoms with Crippen molar-refractivity contribution in [3.8, 4) is 0 Å². The number of benzene rings is 2. The molecule has 1 aromatic heterocycles. The number of aryl methyl sites for hydroxylation is 1. The van der Waals surface area contributed by atoms with E-state index in [9.17, 15) is 9.59 Å². The number of likely N-dealkylation sites (N-methyl/N-ethyl adjacent to an activating group) is 1. The van der Waals surface area contributed by atoms with Crippen LogP contribution in [0.25, 0.3) is 11.0 Å². The molecule has 0 aliphatic carbocycles. The number of nitrogens with one attached hydrogen (secondary N) is 1. The van der Waals surface area contributed by atoms with Gasteiger partial charge in [-0.2, -0.15) is 0 Å². The van der Waals surface area contributed by atoms with Crippen molar-refractivity contribution in [3.05, 3.63) is 59.0 Å². The Kier molecular flexibility index (Phi) is 4.92. The number of carbonyl (C=O) groups excluding carboxylic acids is 1. The molecular weight excluding hydrogens is 354 g/mol. The molecular formula is C21H25N5O2. The quantitative estimate of drug-likeness (QED) is 0.750. The molecule has 1 saturated heterocycles. The molecule has 0 saturated carbocycles. The van der Waals surface area contributed by atoms with Gasteiger partial charge < -0.3 is 15.1 Å². The van der Waals surface area contributed by atoms with Crippen LogP contribution in [-0.4, -0.2) is 53.2 Å². The zero-order chi connectivity index (χ0) is 19.7. The average molecular weight is 379 g/mol. The number of fused-ring (bicyclic) bond motifs is 1. The number of amides is 1. The fourth-order valence-electron chi connectivity index (χ4n) is 3.68. The minimum absolute atomic E-state index is 0.0135. The Morgan fingerprint density at radius 2 is 1.57 bits per heavy atom. The molecule has 4 rings (SSSR count). The number of hydrogen-bond acceptors (Lipinski definition) is 4. The van der Waals surface area contributed by atoms with Crippen LogP contribution >= 0.6 is 0 Å². The molecule has 7 heteroatoms. The third kappa shape index (κ3) is 3.53. The van der Waals surface area contributed by atoms with Gasteiger partial charge in [0, 0.05) is 44.6 Å². The van der Waals surface area contributed by atoms with E-state index in [1.807, 2.05) is 48.5 Å². The monoisotopic (exact) mass is 379 g/mol. The minimum Gasteiger partial charge on any atom is -0.369 e. The molecule has 1 amide bonds. The van der Waals surface area contributed by atoms with Gasteiger partial charge in [0.25, 0.3) is 0 Å². The minimum atomic E-state index is -0.217. The highest BCUT2D eigenvalue weighted by Crippen LogP contribution is 2.19. The van der Waals surface area contributed by atoms with Gasteiger partial charge in [-0.3, -0.25) is 13.9 Å². The van der Waals surface area contributed by atoms with Gasteiger partial charge in [0.05, 0.1) is 11.0 Å². The lowest BCUT2D eigenvalue weighted by molar-refractivity contribution is -0.116. The van der Waals surface area contributed by atoms with Crippen LogP contribution in [0.5, 0.6) is 0 Å². The lowest BCUT2D eigenvalue weighted by Crippen LogP contribution is -2.44. The molecule has 3 aromatic rings. The molecule has 1 N–H and O–H groups in total. The number of imidazole rings is 1. The van der Waals surface area contributed by atoms with Crippen LogP contribution in [0.3, 0.4) is 0 Å². The van der Waals surface area contributed by atoms with Crippen molar-refractivity contribution < 1.29 is 4.79 Å². The highest BCUT2D eigenvalue weighted by atomic mass is 16.2. The first-order valence-corrected chi connectivity index (χ1v) is 9.50. The smallest absolute Gasteiger partial charge is 0.329 e. The number of piperazine rings is 1. The van der Waals surface area contributed by atoms with Crippen LogP contribution < -0.4 is 15.9 Å². The Hall–Kier alpha value is -3.06. The molecule has 28 heavy (non-hydrogen) atoms. The van der Waals surface area contributed by atoms with Gasteiger partial charge in [0.1, 0.15) is 6.54 Å². The van der Waals surface area contributed by atoms with Crippen molar-refractivity contribution in [3.63, 3.8) is 0 Å². The van der Waals surface area contributed by atoms with E-state index in [2.05, 4.69) is 22.2 Å². The molecule has 2 aromatic carbocycles. The van der Waals surface area contributed by atoms with Gasteiger partial charge in [0.15, 0.2) is 0 Å². The first kappa shape index (κ1) is 18.3. The number of nitrogens with zero attached hydrogens (tertiary/aromatic N) is 4. The first-order chi connectivity index (χ1) is 13.5. The van der Waals surface area contributed by atoms with E-state index in [0.29, 0.717) is 0 Å². The largest absolute Gasteiger partial charge is 0.369 e. The fraction of sp³-hybridized carbons (Fsp3) is 0.333. The van der Waals surface area contributed by atoms with Crippen LogP contribution in [0.1, 0.15) is 0 Å². The third-order valence-electron chi connectivity index (χ3n) is 5.37. The van der Waals surface area contributed by atoms with Crippen molar-refractivity contribution in [1.82, 2.24) is 14.0 Å². The molecule has 0 bridgehead atoms. The second-order valence-electron chi connectivity index (χ2n) is 7.30. The molecule has 1 fully saturated rings. The SMILES string of the molecule is CN1CCN(c2ccc(NC(=O)Cn3c(=O)n(C)c4ccccc43)cc2)CC1. The number of carbonyl (C=O) groups is 1. The summed E-state index contributed by atoms with van der Waals surface area (Å²) in [6.45, 7) is 4.11. The van der Waals surface area contributed by atoms with Crippen LogP contribution in [0.15, 0.2) is 53.3 Å². The Morgan fingerprint density at radius 3 is 2.25 bits per heavy atom. The highest BCUT2D eigenvalue weighted by molar-refractivity contribution is 5.91. The van der Waals surface area contributed by atoms with Gasteiger partial charge in [-0.15, -0.1) is 0 Å². The van der Waals surface area contributed by atoms with Crippen molar-refractivity contribution in [2.45, 2.75) is 6.54 Å². The van der Waals surface area contributed by atoms with Crippen molar-refractivity contribution >= 4 is 28.3 Å². The van der Waals surface area contributed by atoms with Gasteiger partial charge >= 0.3 is 5.69 Å². The molecule has 2 heterocycles. The summed E-state index contributed by atoms with van der Waals surface area (Å²) in [5.41, 5.74) is 3.28. The lowest BCUT2D eigenvalue weighted by atomic mass is 10.2. The molecule has 1 aliphatic heterocycles. The summed E-state index contributed by atoms with van der Waals surface area (Å²) >= 11 is 0. The Bertz CT molecular complexity index is 1040. The number of rotatable bonds is 4. The van der Waals surface area contributed by atoms with E-state index < -0.39 is 0 Å². The normalized spacial score (nSPS) is 15.1. The summed E-state index contributed by atoms with van der Waals surface area (Å²) in [6.07, 6.45) is 0. The molecule has 146 valence electrons. The predicted octanol–water partition coefficient (Wildman–Crippen LogP) is 1.73. The van der Waals surface area contributed by atoms with Crippen LogP contribution in [0.2, 0.25) is 0 Å². The number of aromatic nitrogens is 2. The summed E-state index contributed by atoms with van der Waals surface area (Å²) in [5, 5.41) is 2.89. The Morgan fingerprint density at radius 1 is 0.929 bits per heavy atom. The summed E-state index contributed by atoms with van der Waals surface area (Å²) in [6, 6.07) is 15.4. The van der Waals surface area contributed by atoms with E-state index >= 15 is 0 Å². The Labute approximate surface area is 163 Å². The molecule has 7 nitrogen and oxygen atoms in total. The number of para-hydroxylation sites is 2. The van der Waals surface area contributed by atoms with E-state index in [0.717, 1.165) is 48.6 Å². The van der Waals surface area contributed by atoms with Crippen molar-refractivity contribution in [2.24, 2.45) is 7.05 Å². The fourth-order valence-corrected chi connectivity index (χ4v) is 3.68. The summed E-state index contributed by atoms with van der Waals surface area (Å²) in [4.78, 5) is 29.6. The van der Waals surface area contributed by atoms with Crippen molar-refractivity contribution in [1.29, 1.82) is 0 Å². The topological polar surface area (TPSA) is 62.5 Å². The number of anilines is 2. The maximum Gasteiger partial charge on any atom is 0.329 e. The van der Waals surface area contributed by atoms with E-state index in [1.54, 1.807) is 11.6 Å². The third-order valence-corrected chi connectivity index (χ3v) is 5.37. The molecule has 0 spiro atoms.